The van der Waals surface area contributed by atoms with E-state index in [2.05, 4.69) is 16.0 Å². The molecule has 3 aromatic rings. The summed E-state index contributed by atoms with van der Waals surface area (Å²) in [6.07, 6.45) is 1.82. The van der Waals surface area contributed by atoms with Gasteiger partial charge in [-0.1, -0.05) is 32.4 Å². The number of amides is 2. The van der Waals surface area contributed by atoms with E-state index in [9.17, 15) is 14.4 Å². The second kappa shape index (κ2) is 15.6. The average molecular weight is 648 g/mol. The van der Waals surface area contributed by atoms with Gasteiger partial charge in [0.15, 0.2) is 23.0 Å². The molecule has 47 heavy (non-hydrogen) atoms. The van der Waals surface area contributed by atoms with Crippen molar-refractivity contribution in [1.82, 2.24) is 10.6 Å². The van der Waals surface area contributed by atoms with Crippen LogP contribution < -0.4 is 45.1 Å². The number of methoxy groups -OCH3 is 5. The van der Waals surface area contributed by atoms with Crippen LogP contribution in [-0.2, 0) is 22.6 Å². The maximum atomic E-state index is 13.9. The topological polar surface area (TPSA) is 133 Å². The Bertz CT molecular complexity index is 1680. The van der Waals surface area contributed by atoms with Gasteiger partial charge in [0.25, 0.3) is 0 Å². The number of carbonyl (C=O) groups is 2. The Morgan fingerprint density at radius 3 is 2.19 bits per heavy atom. The molecule has 0 bridgehead atoms. The van der Waals surface area contributed by atoms with Gasteiger partial charge in [-0.15, -0.1) is 0 Å². The summed E-state index contributed by atoms with van der Waals surface area (Å²) < 4.78 is 27.9. The minimum absolute atomic E-state index is 0.104. The Morgan fingerprint density at radius 2 is 1.57 bits per heavy atom. The quantitative estimate of drug-likeness (QED) is 0.234. The summed E-state index contributed by atoms with van der Waals surface area (Å²) in [6.45, 7) is 5.67. The minimum Gasteiger partial charge on any atom is -0.493 e. The fourth-order valence-corrected chi connectivity index (χ4v) is 5.99. The molecule has 0 heterocycles. The van der Waals surface area contributed by atoms with Crippen LogP contribution in [0.2, 0.25) is 0 Å². The molecule has 2 amide bonds. The van der Waals surface area contributed by atoms with Crippen molar-refractivity contribution in [3.63, 3.8) is 0 Å². The summed E-state index contributed by atoms with van der Waals surface area (Å²) in [4.78, 5) is 39.8. The lowest BCUT2D eigenvalue weighted by molar-refractivity contribution is -0.123. The highest BCUT2D eigenvalue weighted by atomic mass is 16.5. The Balaban J connectivity index is 1.77. The lowest BCUT2D eigenvalue weighted by Gasteiger charge is -2.24. The van der Waals surface area contributed by atoms with Gasteiger partial charge in [-0.05, 0) is 71.3 Å². The van der Waals surface area contributed by atoms with Crippen LogP contribution in [0, 0.1) is 5.92 Å². The van der Waals surface area contributed by atoms with Crippen LogP contribution in [0.3, 0.4) is 0 Å². The normalized spacial score (nSPS) is 14.7. The van der Waals surface area contributed by atoms with Crippen molar-refractivity contribution in [3.05, 3.63) is 69.4 Å². The second-order valence-electron chi connectivity index (χ2n) is 11.5. The lowest BCUT2D eigenvalue weighted by Crippen LogP contribution is -2.44. The predicted octanol–water partition coefficient (Wildman–Crippen LogP) is 5.02. The molecule has 11 nitrogen and oxygen atoms in total. The van der Waals surface area contributed by atoms with Crippen molar-refractivity contribution in [1.29, 1.82) is 0 Å². The van der Waals surface area contributed by atoms with E-state index < -0.39 is 12.1 Å². The highest BCUT2D eigenvalue weighted by Crippen LogP contribution is 2.50. The van der Waals surface area contributed by atoms with Crippen LogP contribution in [-0.4, -0.2) is 53.4 Å². The molecule has 3 aromatic carbocycles. The summed E-state index contributed by atoms with van der Waals surface area (Å²) in [5.74, 6) is 2.00. The minimum atomic E-state index is -0.702. The third-order valence-electron chi connectivity index (χ3n) is 8.64. The number of rotatable bonds is 13. The second-order valence-corrected chi connectivity index (χ2v) is 11.5. The van der Waals surface area contributed by atoms with Gasteiger partial charge < -0.3 is 39.6 Å². The number of fused-ring (bicyclic) bond motifs is 3. The molecule has 1 aliphatic carbocycles. The first kappa shape index (κ1) is 34.9. The van der Waals surface area contributed by atoms with Crippen LogP contribution in [0.1, 0.15) is 56.3 Å². The SMILES string of the molecule is CCC(C)C(Nc1ccc2c(cc1=O)C(NC(C)=O)CCc1cc(OC)c(OC)c(OC)c1-2)C(=O)NCc1ccc(OC)c(OC)c1. The lowest BCUT2D eigenvalue weighted by atomic mass is 9.95. The Labute approximate surface area is 275 Å². The number of benzene rings is 2. The zero-order chi connectivity index (χ0) is 34.2. The third-order valence-corrected chi connectivity index (χ3v) is 8.64. The first-order valence-corrected chi connectivity index (χ1v) is 15.6. The van der Waals surface area contributed by atoms with Gasteiger partial charge >= 0.3 is 0 Å². The third kappa shape index (κ3) is 7.56. The van der Waals surface area contributed by atoms with E-state index in [0.717, 1.165) is 16.7 Å². The molecule has 3 unspecified atom stereocenters. The van der Waals surface area contributed by atoms with Crippen molar-refractivity contribution in [3.8, 4) is 39.9 Å². The van der Waals surface area contributed by atoms with E-state index in [-0.39, 0.29) is 35.4 Å². The van der Waals surface area contributed by atoms with E-state index in [1.165, 1.54) is 6.92 Å². The van der Waals surface area contributed by atoms with Crippen molar-refractivity contribution in [2.75, 3.05) is 40.9 Å². The zero-order valence-corrected chi connectivity index (χ0v) is 28.4. The molecule has 0 radical (unpaired) electrons. The Hall–Kier alpha value is -4.93. The summed E-state index contributed by atoms with van der Waals surface area (Å²) in [7, 11) is 7.78. The zero-order valence-electron chi connectivity index (χ0n) is 28.4. The van der Waals surface area contributed by atoms with Crippen molar-refractivity contribution >= 4 is 17.5 Å². The highest BCUT2D eigenvalue weighted by molar-refractivity contribution is 5.86. The average Bonchev–Trinajstić information content (AvgIpc) is 3.32. The number of anilines is 1. The maximum Gasteiger partial charge on any atom is 0.243 e. The van der Waals surface area contributed by atoms with Crippen LogP contribution in [0.15, 0.2) is 47.3 Å². The molecular formula is C36H45N3O8. The van der Waals surface area contributed by atoms with E-state index >= 15 is 0 Å². The number of aryl methyl sites for hydroxylation is 1. The maximum absolute atomic E-state index is 13.9. The smallest absolute Gasteiger partial charge is 0.243 e. The summed E-state index contributed by atoms with van der Waals surface area (Å²) in [5, 5.41) is 9.27. The molecule has 0 aliphatic heterocycles. The largest absolute Gasteiger partial charge is 0.493 e. The molecule has 1 aliphatic rings. The summed E-state index contributed by atoms with van der Waals surface area (Å²) in [6, 6.07) is 11.3. The Morgan fingerprint density at radius 1 is 0.872 bits per heavy atom. The predicted molar refractivity (Wildman–Crippen MR) is 181 cm³/mol. The van der Waals surface area contributed by atoms with Crippen LogP contribution in [0.5, 0.6) is 28.7 Å². The number of hydrogen-bond acceptors (Lipinski definition) is 9. The van der Waals surface area contributed by atoms with Gasteiger partial charge in [-0.25, -0.2) is 0 Å². The number of nitrogens with one attached hydrogen (secondary N) is 3. The molecule has 252 valence electrons. The number of hydrogen-bond donors (Lipinski definition) is 3. The monoisotopic (exact) mass is 647 g/mol. The Kier molecular flexibility index (Phi) is 11.6. The molecule has 4 rings (SSSR count). The van der Waals surface area contributed by atoms with E-state index in [0.29, 0.717) is 59.1 Å². The van der Waals surface area contributed by atoms with Gasteiger partial charge in [-0.3, -0.25) is 14.4 Å². The summed E-state index contributed by atoms with van der Waals surface area (Å²) >= 11 is 0. The number of ether oxygens (including phenoxy) is 5. The molecule has 0 aromatic heterocycles. The van der Waals surface area contributed by atoms with Crippen LogP contribution >= 0.6 is 0 Å². The fraction of sp³-hybridized carbons (Fsp3) is 0.417. The van der Waals surface area contributed by atoms with Gasteiger partial charge in [0.1, 0.15) is 6.04 Å². The molecule has 11 heteroatoms. The van der Waals surface area contributed by atoms with Crippen LogP contribution in [0.4, 0.5) is 5.69 Å². The van der Waals surface area contributed by atoms with Gasteiger partial charge in [0.05, 0.1) is 47.3 Å². The van der Waals surface area contributed by atoms with Gasteiger partial charge in [0, 0.05) is 19.0 Å². The molecule has 0 fully saturated rings. The van der Waals surface area contributed by atoms with Crippen molar-refractivity contribution in [2.24, 2.45) is 5.92 Å². The molecule has 0 saturated heterocycles. The molecular weight excluding hydrogens is 602 g/mol. The van der Waals surface area contributed by atoms with Crippen LogP contribution in [0.25, 0.3) is 11.1 Å². The molecule has 3 atom stereocenters. The van der Waals surface area contributed by atoms with E-state index in [1.807, 2.05) is 38.1 Å². The van der Waals surface area contributed by atoms with Crippen molar-refractivity contribution < 1.29 is 33.3 Å². The van der Waals surface area contributed by atoms with Gasteiger partial charge in [-0.2, -0.15) is 0 Å². The summed E-state index contributed by atoms with van der Waals surface area (Å²) in [5.41, 5.74) is 3.80. The van der Waals surface area contributed by atoms with E-state index in [1.54, 1.807) is 53.7 Å². The number of carbonyl (C=O) groups excluding carboxylic acids is 2. The molecule has 3 N–H and O–H groups in total. The van der Waals surface area contributed by atoms with E-state index in [4.69, 9.17) is 23.7 Å². The first-order valence-electron chi connectivity index (χ1n) is 15.6. The highest BCUT2D eigenvalue weighted by Gasteiger charge is 2.30. The fourth-order valence-electron chi connectivity index (χ4n) is 5.99. The molecule has 0 saturated carbocycles. The standard InChI is InChI=1S/C36H45N3O8/c1-9-20(2)33(36(42)37-19-22-10-15-29(43-4)30(16-22)44-5)39-27-14-12-24-25(18-28(27)41)26(38-21(3)40)13-11-23-17-31(45-6)34(46-7)35(47-8)32(23)24/h10,12,14-18,20,26,33H,9,11,13,19H2,1-8H3,(H,37,42)(H,38,40)(H,39,41). The van der Waals surface area contributed by atoms with Gasteiger partial charge in [0.2, 0.25) is 23.0 Å². The molecule has 0 spiro atoms. The first-order chi connectivity index (χ1) is 22.6. The van der Waals surface area contributed by atoms with Crippen molar-refractivity contribution in [2.45, 2.75) is 58.7 Å².